The number of ether oxygens (including phenoxy) is 1. The SMILES string of the molecule is C[N+](C)(C)CCOP(=O)(O)OP1(=O)OC[C@H]2O[C@@H](n3cccnc3=O)C[C@@H]2O1. The topological polar surface area (TPSA) is 135 Å². The third-order valence-electron chi connectivity index (χ3n) is 4.11. The lowest BCUT2D eigenvalue weighted by atomic mass is 10.2. The highest BCUT2D eigenvalue weighted by atomic mass is 31.3. The summed E-state index contributed by atoms with van der Waals surface area (Å²) in [6.45, 7) is 0.158. The summed E-state index contributed by atoms with van der Waals surface area (Å²) in [6, 6.07) is 1.58. The molecule has 3 rings (SSSR count). The number of quaternary nitrogens is 1. The van der Waals surface area contributed by atoms with E-state index in [2.05, 4.69) is 4.98 Å². The minimum Gasteiger partial charge on any atom is -0.349 e. The molecular weight excluding hydrogens is 416 g/mol. The summed E-state index contributed by atoms with van der Waals surface area (Å²) < 4.78 is 52.1. The second kappa shape index (κ2) is 8.06. The van der Waals surface area contributed by atoms with Gasteiger partial charge in [-0.05, 0) is 6.07 Å². The Hall–Kier alpha value is -0.940. The first kappa shape index (κ1) is 21.8. The molecule has 5 atom stereocenters. The van der Waals surface area contributed by atoms with Crippen LogP contribution in [0.15, 0.2) is 23.3 Å². The molecule has 3 heterocycles. The van der Waals surface area contributed by atoms with Crippen molar-refractivity contribution in [3.8, 4) is 0 Å². The van der Waals surface area contributed by atoms with Gasteiger partial charge in [-0.25, -0.2) is 18.9 Å². The van der Waals surface area contributed by atoms with Crippen molar-refractivity contribution in [2.75, 3.05) is 40.9 Å². The Morgan fingerprint density at radius 3 is 2.86 bits per heavy atom. The third-order valence-corrected chi connectivity index (χ3v) is 7.24. The number of phosphoric ester groups is 2. The molecule has 2 unspecified atom stereocenters. The van der Waals surface area contributed by atoms with Crippen molar-refractivity contribution in [3.63, 3.8) is 0 Å². The van der Waals surface area contributed by atoms with Crippen molar-refractivity contribution < 1.29 is 41.1 Å². The molecule has 0 aromatic carbocycles. The number of fused-ring (bicyclic) bond motifs is 1. The number of rotatable bonds is 7. The van der Waals surface area contributed by atoms with E-state index in [-0.39, 0.29) is 19.6 Å². The van der Waals surface area contributed by atoms with Gasteiger partial charge in [-0.15, -0.1) is 0 Å². The Balaban J connectivity index is 1.60. The summed E-state index contributed by atoms with van der Waals surface area (Å²) in [5.41, 5.74) is -0.503. The maximum Gasteiger partial charge on any atom is 0.484 e. The number of nitrogens with zero attached hydrogens (tertiary/aromatic N) is 3. The Morgan fingerprint density at radius 2 is 2.18 bits per heavy atom. The smallest absolute Gasteiger partial charge is 0.349 e. The zero-order valence-electron chi connectivity index (χ0n) is 15.7. The quantitative estimate of drug-likeness (QED) is 0.481. The average molecular weight is 440 g/mol. The summed E-state index contributed by atoms with van der Waals surface area (Å²) in [5.74, 6) is 0. The maximum atomic E-state index is 12.6. The number of hydrogen-bond acceptors (Lipinski definition) is 9. The van der Waals surface area contributed by atoms with Crippen LogP contribution in [-0.2, 0) is 31.7 Å². The molecule has 1 aromatic rings. The van der Waals surface area contributed by atoms with Crippen molar-refractivity contribution in [1.29, 1.82) is 0 Å². The second-order valence-electron chi connectivity index (χ2n) is 7.46. The first-order chi connectivity index (χ1) is 13.0. The maximum absolute atomic E-state index is 12.6. The van der Waals surface area contributed by atoms with Gasteiger partial charge in [-0.2, -0.15) is 4.31 Å². The fraction of sp³-hybridized carbons (Fsp3) is 0.714. The molecule has 0 radical (unpaired) electrons. The van der Waals surface area contributed by atoms with E-state index in [0.29, 0.717) is 11.0 Å². The Bertz CT molecular complexity index is 855. The van der Waals surface area contributed by atoms with Crippen LogP contribution in [0.25, 0.3) is 0 Å². The number of aromatic nitrogens is 2. The standard InChI is InChI=1S/C14H23N3O9P2/c1-17(2,3)7-8-22-27(19,20)26-28(21)23-10-12-11(25-28)9-13(24-12)16-6-4-5-15-14(16)18/h4-6,11-13H,7-10H2,1-3H3/p+1/t11-,12+,13+,28?/m0/s1. The Kier molecular flexibility index (Phi) is 6.26. The van der Waals surface area contributed by atoms with Crippen molar-refractivity contribution in [3.05, 3.63) is 28.9 Å². The van der Waals surface area contributed by atoms with Crippen LogP contribution in [-0.4, -0.2) is 72.0 Å². The summed E-state index contributed by atoms with van der Waals surface area (Å²) in [7, 11) is -3.36. The molecule has 2 aliphatic heterocycles. The van der Waals surface area contributed by atoms with Crippen LogP contribution in [0.4, 0.5) is 0 Å². The van der Waals surface area contributed by atoms with Crippen molar-refractivity contribution in [2.24, 2.45) is 0 Å². The van der Waals surface area contributed by atoms with Gasteiger partial charge in [0.2, 0.25) is 0 Å². The van der Waals surface area contributed by atoms with E-state index in [1.165, 1.54) is 17.0 Å². The van der Waals surface area contributed by atoms with E-state index in [1.54, 1.807) is 6.07 Å². The fourth-order valence-corrected chi connectivity index (χ4v) is 5.50. The van der Waals surface area contributed by atoms with Gasteiger partial charge in [0.05, 0.1) is 27.7 Å². The Morgan fingerprint density at radius 1 is 1.43 bits per heavy atom. The average Bonchev–Trinajstić information content (AvgIpc) is 2.95. The third kappa shape index (κ3) is 5.56. The first-order valence-corrected chi connectivity index (χ1v) is 11.5. The number of phosphoric acid groups is 2. The molecule has 0 amide bonds. The van der Waals surface area contributed by atoms with Crippen LogP contribution in [0.3, 0.4) is 0 Å². The van der Waals surface area contributed by atoms with Gasteiger partial charge >= 0.3 is 21.3 Å². The lowest BCUT2D eigenvalue weighted by Crippen LogP contribution is -2.37. The van der Waals surface area contributed by atoms with Crippen LogP contribution in [0.1, 0.15) is 12.6 Å². The highest BCUT2D eigenvalue weighted by Gasteiger charge is 2.50. The van der Waals surface area contributed by atoms with Crippen LogP contribution in [0, 0.1) is 0 Å². The first-order valence-electron chi connectivity index (χ1n) is 8.57. The van der Waals surface area contributed by atoms with Gasteiger partial charge in [0.15, 0.2) is 0 Å². The molecule has 2 saturated heterocycles. The van der Waals surface area contributed by atoms with Gasteiger partial charge in [0.25, 0.3) is 0 Å². The van der Waals surface area contributed by atoms with Gasteiger partial charge in [-0.1, -0.05) is 0 Å². The lowest BCUT2D eigenvalue weighted by molar-refractivity contribution is -0.870. The molecular formula is C14H24N3O9P2+. The van der Waals surface area contributed by atoms with Crippen molar-refractivity contribution in [2.45, 2.75) is 24.9 Å². The van der Waals surface area contributed by atoms with Crippen LogP contribution in [0.2, 0.25) is 0 Å². The monoisotopic (exact) mass is 440 g/mol. The summed E-state index contributed by atoms with van der Waals surface area (Å²) >= 11 is 0. The zero-order chi connectivity index (χ0) is 20.6. The summed E-state index contributed by atoms with van der Waals surface area (Å²) in [6.07, 6.45) is 0.999. The minimum atomic E-state index is -4.66. The normalized spacial score (nSPS) is 32.6. The van der Waals surface area contributed by atoms with Gasteiger partial charge in [0.1, 0.15) is 31.6 Å². The highest BCUT2D eigenvalue weighted by Crippen LogP contribution is 2.66. The van der Waals surface area contributed by atoms with Crippen LogP contribution < -0.4 is 5.69 Å². The molecule has 12 nitrogen and oxygen atoms in total. The molecule has 1 N–H and O–H groups in total. The van der Waals surface area contributed by atoms with Crippen LogP contribution >= 0.6 is 15.6 Å². The molecule has 0 aliphatic carbocycles. The number of likely N-dealkylation sites (N-methyl/N-ethyl adjacent to an activating group) is 1. The predicted molar refractivity (Wildman–Crippen MR) is 95.2 cm³/mol. The molecule has 14 heteroatoms. The molecule has 28 heavy (non-hydrogen) atoms. The van der Waals surface area contributed by atoms with E-state index in [1.807, 2.05) is 21.1 Å². The molecule has 1 aromatic heterocycles. The fourth-order valence-electron chi connectivity index (χ4n) is 2.70. The molecule has 2 aliphatic rings. The largest absolute Gasteiger partial charge is 0.484 e. The Labute approximate surface area is 161 Å². The van der Waals surface area contributed by atoms with Gasteiger partial charge in [0, 0.05) is 18.8 Å². The van der Waals surface area contributed by atoms with E-state index >= 15 is 0 Å². The molecule has 0 spiro atoms. The predicted octanol–water partition coefficient (Wildman–Crippen LogP) is 0.894. The van der Waals surface area contributed by atoms with E-state index < -0.39 is 39.8 Å². The summed E-state index contributed by atoms with van der Waals surface area (Å²) in [4.78, 5) is 25.3. The van der Waals surface area contributed by atoms with Crippen molar-refractivity contribution in [1.82, 2.24) is 9.55 Å². The highest BCUT2D eigenvalue weighted by molar-refractivity contribution is 7.61. The number of hydrogen-bond donors (Lipinski definition) is 1. The molecule has 0 saturated carbocycles. The van der Waals surface area contributed by atoms with E-state index in [0.717, 1.165) is 0 Å². The minimum absolute atomic E-state index is 0.0849. The zero-order valence-corrected chi connectivity index (χ0v) is 17.5. The molecule has 0 bridgehead atoms. The van der Waals surface area contributed by atoms with E-state index in [9.17, 15) is 18.8 Å². The van der Waals surface area contributed by atoms with Gasteiger partial charge < -0.3 is 14.1 Å². The lowest BCUT2D eigenvalue weighted by Gasteiger charge is -2.30. The van der Waals surface area contributed by atoms with Gasteiger partial charge in [-0.3, -0.25) is 18.1 Å². The van der Waals surface area contributed by atoms with Crippen molar-refractivity contribution >= 4 is 15.6 Å². The molecule has 158 valence electrons. The van der Waals surface area contributed by atoms with E-state index in [4.69, 9.17) is 22.6 Å². The summed E-state index contributed by atoms with van der Waals surface area (Å²) in [5, 5.41) is 0. The van der Waals surface area contributed by atoms with Crippen LogP contribution in [0.5, 0.6) is 0 Å². The second-order valence-corrected chi connectivity index (χ2v) is 10.7. The molecule has 2 fully saturated rings.